The maximum absolute atomic E-state index is 11.9. The summed E-state index contributed by atoms with van der Waals surface area (Å²) in [5.74, 6) is 0.956. The Kier molecular flexibility index (Phi) is 6.74. The van der Waals surface area contributed by atoms with Gasteiger partial charge in [0.25, 0.3) is 0 Å². The molecule has 1 amide bonds. The smallest absolute Gasteiger partial charge is 0.221 e. The number of amides is 1. The lowest BCUT2D eigenvalue weighted by Gasteiger charge is -2.21. The Labute approximate surface area is 128 Å². The number of carbonyl (C=O) groups excluding carboxylic acids is 1. The van der Waals surface area contributed by atoms with Crippen LogP contribution in [-0.2, 0) is 4.79 Å². The number of benzene rings is 1. The molecule has 1 atom stereocenters. The Morgan fingerprint density at radius 1 is 1.19 bits per heavy atom. The monoisotopic (exact) mass is 288 g/mol. The van der Waals surface area contributed by atoms with E-state index < -0.39 is 0 Å². The predicted molar refractivity (Wildman–Crippen MR) is 86.8 cm³/mol. The van der Waals surface area contributed by atoms with Crippen LogP contribution in [0.15, 0.2) is 30.3 Å². The summed E-state index contributed by atoms with van der Waals surface area (Å²) in [7, 11) is 0. The summed E-state index contributed by atoms with van der Waals surface area (Å²) in [6.45, 7) is 0.789. The van der Waals surface area contributed by atoms with E-state index in [9.17, 15) is 4.79 Å². The molecule has 0 aromatic heterocycles. The third-order valence-electron chi connectivity index (χ3n) is 4.47. The molecular formula is C18H28N2O. The quantitative estimate of drug-likeness (QED) is 0.754. The van der Waals surface area contributed by atoms with Gasteiger partial charge in [0.2, 0.25) is 5.91 Å². The van der Waals surface area contributed by atoms with Gasteiger partial charge in [-0.05, 0) is 24.3 Å². The molecule has 116 valence electrons. The lowest BCUT2D eigenvalue weighted by molar-refractivity contribution is -0.121. The predicted octanol–water partition coefficient (Wildman–Crippen LogP) is 3.55. The highest BCUT2D eigenvalue weighted by molar-refractivity contribution is 5.76. The second kappa shape index (κ2) is 8.83. The summed E-state index contributed by atoms with van der Waals surface area (Å²) in [5.41, 5.74) is 7.08. The first kappa shape index (κ1) is 16.0. The van der Waals surface area contributed by atoms with Gasteiger partial charge in [-0.25, -0.2) is 0 Å². The van der Waals surface area contributed by atoms with Gasteiger partial charge in [-0.2, -0.15) is 0 Å². The highest BCUT2D eigenvalue weighted by Crippen LogP contribution is 2.26. The van der Waals surface area contributed by atoms with Crippen LogP contribution in [-0.4, -0.2) is 12.5 Å². The third-order valence-corrected chi connectivity index (χ3v) is 4.47. The summed E-state index contributed by atoms with van der Waals surface area (Å²) in [4.78, 5) is 11.9. The Hall–Kier alpha value is -1.35. The van der Waals surface area contributed by atoms with Crippen molar-refractivity contribution in [2.45, 2.75) is 57.4 Å². The lowest BCUT2D eigenvalue weighted by atomic mass is 9.86. The van der Waals surface area contributed by atoms with Gasteiger partial charge in [0, 0.05) is 19.0 Å². The number of hydrogen-bond acceptors (Lipinski definition) is 2. The second-order valence-electron chi connectivity index (χ2n) is 6.22. The number of carbonyl (C=O) groups is 1. The molecule has 1 aromatic carbocycles. The van der Waals surface area contributed by atoms with E-state index in [2.05, 4.69) is 5.32 Å². The maximum atomic E-state index is 11.9. The van der Waals surface area contributed by atoms with Gasteiger partial charge in [0.1, 0.15) is 0 Å². The van der Waals surface area contributed by atoms with E-state index in [4.69, 9.17) is 5.73 Å². The zero-order valence-corrected chi connectivity index (χ0v) is 12.9. The van der Waals surface area contributed by atoms with E-state index in [1.165, 1.54) is 38.5 Å². The maximum Gasteiger partial charge on any atom is 0.221 e. The molecule has 0 radical (unpaired) electrons. The van der Waals surface area contributed by atoms with Crippen LogP contribution in [0, 0.1) is 5.92 Å². The van der Waals surface area contributed by atoms with Gasteiger partial charge in [-0.15, -0.1) is 0 Å². The van der Waals surface area contributed by atoms with Crippen molar-refractivity contribution >= 4 is 5.91 Å². The molecule has 2 rings (SSSR count). The summed E-state index contributed by atoms with van der Waals surface area (Å²) in [6.07, 6.45) is 9.67. The van der Waals surface area contributed by atoms with Crippen molar-refractivity contribution in [3.8, 4) is 0 Å². The highest BCUT2D eigenvalue weighted by Gasteiger charge is 2.14. The summed E-state index contributed by atoms with van der Waals surface area (Å²) in [6, 6.07) is 9.61. The summed E-state index contributed by atoms with van der Waals surface area (Å²) < 4.78 is 0. The van der Waals surface area contributed by atoms with Crippen LogP contribution in [0.5, 0.6) is 0 Å². The molecule has 0 heterocycles. The van der Waals surface area contributed by atoms with Gasteiger partial charge >= 0.3 is 0 Å². The molecule has 0 spiro atoms. The summed E-state index contributed by atoms with van der Waals surface area (Å²) >= 11 is 0. The minimum Gasteiger partial charge on any atom is -0.356 e. The van der Waals surface area contributed by atoms with Crippen molar-refractivity contribution in [3.63, 3.8) is 0 Å². The van der Waals surface area contributed by atoms with Crippen molar-refractivity contribution in [1.82, 2.24) is 5.32 Å². The molecule has 1 aliphatic rings. The van der Waals surface area contributed by atoms with Crippen LogP contribution in [0.25, 0.3) is 0 Å². The normalized spacial score (nSPS) is 17.4. The average molecular weight is 288 g/mol. The van der Waals surface area contributed by atoms with Gasteiger partial charge in [-0.1, -0.05) is 62.4 Å². The van der Waals surface area contributed by atoms with Crippen molar-refractivity contribution < 1.29 is 4.79 Å². The topological polar surface area (TPSA) is 55.1 Å². The SMILES string of the molecule is NC(CC(=O)NCCCC1CCCCC1)c1ccccc1. The lowest BCUT2D eigenvalue weighted by Crippen LogP contribution is -2.28. The van der Waals surface area contributed by atoms with E-state index in [-0.39, 0.29) is 11.9 Å². The molecule has 3 nitrogen and oxygen atoms in total. The number of nitrogens with two attached hydrogens (primary N) is 1. The van der Waals surface area contributed by atoms with Gasteiger partial charge in [0.15, 0.2) is 0 Å². The van der Waals surface area contributed by atoms with Crippen LogP contribution in [0.4, 0.5) is 0 Å². The van der Waals surface area contributed by atoms with Crippen LogP contribution in [0.3, 0.4) is 0 Å². The minimum atomic E-state index is -0.204. The van der Waals surface area contributed by atoms with Gasteiger partial charge in [0.05, 0.1) is 0 Å². The molecule has 0 bridgehead atoms. The van der Waals surface area contributed by atoms with Crippen LogP contribution < -0.4 is 11.1 Å². The van der Waals surface area contributed by atoms with Crippen molar-refractivity contribution in [1.29, 1.82) is 0 Å². The van der Waals surface area contributed by atoms with E-state index >= 15 is 0 Å². The Morgan fingerprint density at radius 3 is 2.62 bits per heavy atom. The number of nitrogens with one attached hydrogen (secondary N) is 1. The van der Waals surface area contributed by atoms with E-state index in [0.717, 1.165) is 24.4 Å². The van der Waals surface area contributed by atoms with E-state index in [1.807, 2.05) is 30.3 Å². The van der Waals surface area contributed by atoms with Gasteiger partial charge < -0.3 is 11.1 Å². The molecule has 3 N–H and O–H groups in total. The minimum absolute atomic E-state index is 0.0648. The molecule has 0 saturated heterocycles. The van der Waals surface area contributed by atoms with E-state index in [0.29, 0.717) is 6.42 Å². The van der Waals surface area contributed by atoms with Gasteiger partial charge in [-0.3, -0.25) is 4.79 Å². The molecule has 1 aromatic rings. The molecule has 1 saturated carbocycles. The zero-order valence-electron chi connectivity index (χ0n) is 12.9. The first-order chi connectivity index (χ1) is 10.3. The first-order valence-corrected chi connectivity index (χ1v) is 8.33. The third kappa shape index (κ3) is 5.88. The van der Waals surface area contributed by atoms with Crippen LogP contribution >= 0.6 is 0 Å². The van der Waals surface area contributed by atoms with Crippen LogP contribution in [0.1, 0.15) is 63.0 Å². The average Bonchev–Trinajstić information content (AvgIpc) is 2.53. The van der Waals surface area contributed by atoms with Crippen molar-refractivity contribution in [2.75, 3.05) is 6.54 Å². The Bertz CT molecular complexity index is 412. The van der Waals surface area contributed by atoms with Crippen molar-refractivity contribution in [3.05, 3.63) is 35.9 Å². The van der Waals surface area contributed by atoms with Crippen molar-refractivity contribution in [2.24, 2.45) is 11.7 Å². The molecule has 21 heavy (non-hydrogen) atoms. The molecule has 1 aliphatic carbocycles. The molecular weight excluding hydrogens is 260 g/mol. The van der Waals surface area contributed by atoms with Crippen LogP contribution in [0.2, 0.25) is 0 Å². The highest BCUT2D eigenvalue weighted by atomic mass is 16.1. The first-order valence-electron chi connectivity index (χ1n) is 8.33. The molecule has 1 fully saturated rings. The number of hydrogen-bond donors (Lipinski definition) is 2. The van der Waals surface area contributed by atoms with E-state index in [1.54, 1.807) is 0 Å². The largest absolute Gasteiger partial charge is 0.356 e. The fourth-order valence-corrected chi connectivity index (χ4v) is 3.18. The second-order valence-corrected chi connectivity index (χ2v) is 6.22. The Morgan fingerprint density at radius 2 is 1.90 bits per heavy atom. The zero-order chi connectivity index (χ0) is 14.9. The molecule has 1 unspecified atom stereocenters. The molecule has 0 aliphatic heterocycles. The number of rotatable bonds is 7. The Balaban J connectivity index is 1.59. The fraction of sp³-hybridized carbons (Fsp3) is 0.611. The standard InChI is InChI=1S/C18H28N2O/c19-17(16-11-5-2-6-12-16)14-18(21)20-13-7-10-15-8-3-1-4-9-15/h2,5-6,11-12,15,17H,1,3-4,7-10,13-14,19H2,(H,20,21). The molecule has 3 heteroatoms. The summed E-state index contributed by atoms with van der Waals surface area (Å²) in [5, 5.41) is 3.00. The fourth-order valence-electron chi connectivity index (χ4n) is 3.18.